The molecule has 0 unspecified atom stereocenters. The predicted octanol–water partition coefficient (Wildman–Crippen LogP) is 4.25. The first-order valence-corrected chi connectivity index (χ1v) is 9.01. The number of ether oxygens (including phenoxy) is 1. The van der Waals surface area contributed by atoms with E-state index in [1.54, 1.807) is 24.3 Å². The van der Waals surface area contributed by atoms with E-state index in [-0.39, 0.29) is 5.91 Å². The molecular weight excluding hydrogens is 334 g/mol. The van der Waals surface area contributed by atoms with Crippen molar-refractivity contribution in [2.75, 3.05) is 5.32 Å². The van der Waals surface area contributed by atoms with Crippen LogP contribution in [-0.4, -0.2) is 16.1 Å². The highest BCUT2D eigenvalue weighted by atomic mass is 32.1. The molecule has 1 aliphatic carbocycles. The second kappa shape index (κ2) is 7.03. The number of rotatable bonds is 6. The van der Waals surface area contributed by atoms with Crippen LogP contribution in [0.5, 0.6) is 5.75 Å². The fourth-order valence-electron chi connectivity index (χ4n) is 2.39. The van der Waals surface area contributed by atoms with E-state index in [0.29, 0.717) is 23.2 Å². The number of aromatic nitrogens is 2. The van der Waals surface area contributed by atoms with E-state index < -0.39 is 0 Å². The Morgan fingerprint density at radius 3 is 2.56 bits per heavy atom. The van der Waals surface area contributed by atoms with Gasteiger partial charge in [0, 0.05) is 11.5 Å². The number of benzene rings is 2. The topological polar surface area (TPSA) is 64.1 Å². The number of carbonyl (C=O) groups is 1. The Kier molecular flexibility index (Phi) is 4.43. The standard InChI is InChI=1S/C19H17N3O2S/c23-17(20-19-22-21-18(25-19)15-6-7-15)14-8-10-16(11-9-14)24-12-13-4-2-1-3-5-13/h1-5,8-11,15H,6-7,12H2,(H,20,22,23). The van der Waals surface area contributed by atoms with Gasteiger partial charge in [0.2, 0.25) is 5.13 Å². The van der Waals surface area contributed by atoms with Crippen LogP contribution in [0.15, 0.2) is 54.6 Å². The number of hydrogen-bond acceptors (Lipinski definition) is 5. The predicted molar refractivity (Wildman–Crippen MR) is 97.1 cm³/mol. The molecule has 25 heavy (non-hydrogen) atoms. The summed E-state index contributed by atoms with van der Waals surface area (Å²) in [6.45, 7) is 0.501. The third kappa shape index (κ3) is 4.03. The lowest BCUT2D eigenvalue weighted by Gasteiger charge is -2.07. The number of hydrogen-bond donors (Lipinski definition) is 1. The molecule has 2 aromatic carbocycles. The monoisotopic (exact) mass is 351 g/mol. The van der Waals surface area contributed by atoms with Crippen molar-refractivity contribution >= 4 is 22.4 Å². The lowest BCUT2D eigenvalue weighted by molar-refractivity contribution is 0.102. The van der Waals surface area contributed by atoms with Gasteiger partial charge in [-0.05, 0) is 42.7 Å². The number of carbonyl (C=O) groups excluding carboxylic acids is 1. The van der Waals surface area contributed by atoms with Crippen LogP contribution in [0.2, 0.25) is 0 Å². The van der Waals surface area contributed by atoms with Crippen molar-refractivity contribution < 1.29 is 9.53 Å². The Morgan fingerprint density at radius 2 is 1.84 bits per heavy atom. The molecule has 1 fully saturated rings. The molecule has 1 saturated carbocycles. The highest BCUT2D eigenvalue weighted by Gasteiger charge is 2.27. The summed E-state index contributed by atoms with van der Waals surface area (Å²) in [6.07, 6.45) is 2.35. The van der Waals surface area contributed by atoms with Crippen molar-refractivity contribution in [3.8, 4) is 5.75 Å². The third-order valence-electron chi connectivity index (χ3n) is 3.95. The van der Waals surface area contributed by atoms with Gasteiger partial charge in [-0.2, -0.15) is 0 Å². The van der Waals surface area contributed by atoms with Crippen molar-refractivity contribution in [1.82, 2.24) is 10.2 Å². The highest BCUT2D eigenvalue weighted by molar-refractivity contribution is 7.15. The van der Waals surface area contributed by atoms with Gasteiger partial charge >= 0.3 is 0 Å². The maximum atomic E-state index is 12.3. The summed E-state index contributed by atoms with van der Waals surface area (Å²) in [5.74, 6) is 1.09. The van der Waals surface area contributed by atoms with E-state index in [0.717, 1.165) is 16.3 Å². The van der Waals surface area contributed by atoms with E-state index in [2.05, 4.69) is 15.5 Å². The fraction of sp³-hybridized carbons (Fsp3) is 0.211. The van der Waals surface area contributed by atoms with Gasteiger partial charge in [-0.1, -0.05) is 41.7 Å². The van der Waals surface area contributed by atoms with Crippen LogP contribution < -0.4 is 10.1 Å². The maximum Gasteiger partial charge on any atom is 0.257 e. The number of anilines is 1. The van der Waals surface area contributed by atoms with E-state index in [9.17, 15) is 4.79 Å². The fourth-order valence-corrected chi connectivity index (χ4v) is 3.30. The third-order valence-corrected chi connectivity index (χ3v) is 4.95. The van der Waals surface area contributed by atoms with Gasteiger partial charge in [0.1, 0.15) is 17.4 Å². The molecule has 0 bridgehead atoms. The van der Waals surface area contributed by atoms with Crippen molar-refractivity contribution in [2.45, 2.75) is 25.4 Å². The molecule has 0 aliphatic heterocycles. The Labute approximate surface area is 149 Å². The summed E-state index contributed by atoms with van der Waals surface area (Å²) < 4.78 is 5.73. The van der Waals surface area contributed by atoms with E-state index in [1.165, 1.54) is 24.2 Å². The van der Waals surface area contributed by atoms with Gasteiger partial charge in [0.25, 0.3) is 5.91 Å². The van der Waals surface area contributed by atoms with Gasteiger partial charge < -0.3 is 4.74 Å². The summed E-state index contributed by atoms with van der Waals surface area (Å²) in [6, 6.07) is 17.1. The summed E-state index contributed by atoms with van der Waals surface area (Å²) in [4.78, 5) is 12.3. The average molecular weight is 351 g/mol. The normalized spacial score (nSPS) is 13.4. The summed E-state index contributed by atoms with van der Waals surface area (Å²) in [5, 5.41) is 12.5. The van der Waals surface area contributed by atoms with Gasteiger partial charge in [-0.15, -0.1) is 10.2 Å². The Hall–Kier alpha value is -2.73. The highest BCUT2D eigenvalue weighted by Crippen LogP contribution is 2.42. The molecule has 4 rings (SSSR count). The van der Waals surface area contributed by atoms with Gasteiger partial charge in [-0.25, -0.2) is 0 Å². The van der Waals surface area contributed by atoms with Crippen molar-refractivity contribution in [1.29, 1.82) is 0 Å². The Bertz CT molecular complexity index is 858. The van der Waals surface area contributed by atoms with Crippen molar-refractivity contribution in [3.63, 3.8) is 0 Å². The van der Waals surface area contributed by atoms with Crippen LogP contribution in [0.1, 0.15) is 39.7 Å². The Balaban J connectivity index is 1.34. The van der Waals surface area contributed by atoms with Crippen LogP contribution in [-0.2, 0) is 6.61 Å². The summed E-state index contributed by atoms with van der Waals surface area (Å²) in [5.41, 5.74) is 1.67. The van der Waals surface area contributed by atoms with Crippen LogP contribution in [0.3, 0.4) is 0 Å². The molecule has 6 heteroatoms. The first-order valence-electron chi connectivity index (χ1n) is 8.19. The molecule has 1 amide bonds. The molecule has 1 heterocycles. The molecule has 1 aromatic heterocycles. The molecule has 1 aliphatic rings. The molecule has 0 atom stereocenters. The molecule has 0 saturated heterocycles. The molecule has 126 valence electrons. The minimum absolute atomic E-state index is 0.187. The van der Waals surface area contributed by atoms with Gasteiger partial charge in [0.05, 0.1) is 0 Å². The van der Waals surface area contributed by atoms with Gasteiger partial charge in [0.15, 0.2) is 0 Å². The zero-order chi connectivity index (χ0) is 17.1. The lowest BCUT2D eigenvalue weighted by atomic mass is 10.2. The van der Waals surface area contributed by atoms with Gasteiger partial charge in [-0.3, -0.25) is 10.1 Å². The zero-order valence-electron chi connectivity index (χ0n) is 13.5. The summed E-state index contributed by atoms with van der Waals surface area (Å²) in [7, 11) is 0. The second-order valence-corrected chi connectivity index (χ2v) is 6.98. The first kappa shape index (κ1) is 15.8. The van der Waals surface area contributed by atoms with Crippen LogP contribution in [0, 0.1) is 0 Å². The zero-order valence-corrected chi connectivity index (χ0v) is 14.3. The molecular formula is C19H17N3O2S. The van der Waals surface area contributed by atoms with Crippen molar-refractivity contribution in [3.05, 3.63) is 70.7 Å². The molecule has 0 radical (unpaired) electrons. The summed E-state index contributed by atoms with van der Waals surface area (Å²) >= 11 is 1.46. The largest absolute Gasteiger partial charge is 0.489 e. The molecule has 3 aromatic rings. The van der Waals surface area contributed by atoms with Crippen LogP contribution >= 0.6 is 11.3 Å². The molecule has 1 N–H and O–H groups in total. The molecule has 0 spiro atoms. The lowest BCUT2D eigenvalue weighted by Crippen LogP contribution is -2.11. The first-order chi connectivity index (χ1) is 12.3. The minimum atomic E-state index is -0.187. The smallest absolute Gasteiger partial charge is 0.257 e. The second-order valence-electron chi connectivity index (χ2n) is 5.97. The molecule has 5 nitrogen and oxygen atoms in total. The number of amides is 1. The Morgan fingerprint density at radius 1 is 1.08 bits per heavy atom. The van der Waals surface area contributed by atoms with Crippen LogP contribution in [0.4, 0.5) is 5.13 Å². The van der Waals surface area contributed by atoms with E-state index in [1.807, 2.05) is 30.3 Å². The van der Waals surface area contributed by atoms with Crippen LogP contribution in [0.25, 0.3) is 0 Å². The quantitative estimate of drug-likeness (QED) is 0.721. The number of nitrogens with zero attached hydrogens (tertiary/aromatic N) is 2. The van der Waals surface area contributed by atoms with Crippen molar-refractivity contribution in [2.24, 2.45) is 0 Å². The van der Waals surface area contributed by atoms with E-state index in [4.69, 9.17) is 4.74 Å². The average Bonchev–Trinajstić information content (AvgIpc) is 3.41. The number of nitrogens with one attached hydrogen (secondary N) is 1. The maximum absolute atomic E-state index is 12.3. The minimum Gasteiger partial charge on any atom is -0.489 e. The van der Waals surface area contributed by atoms with E-state index >= 15 is 0 Å². The SMILES string of the molecule is O=C(Nc1nnc(C2CC2)s1)c1ccc(OCc2ccccc2)cc1.